The van der Waals surface area contributed by atoms with Crippen LogP contribution in [0.15, 0.2) is 66.4 Å². The van der Waals surface area contributed by atoms with Crippen molar-refractivity contribution in [2.24, 2.45) is 0 Å². The second kappa shape index (κ2) is 8.70. The van der Waals surface area contributed by atoms with E-state index in [9.17, 15) is 23.5 Å². The number of benzene rings is 2. The van der Waals surface area contributed by atoms with Crippen molar-refractivity contribution in [2.75, 3.05) is 19.1 Å². The van der Waals surface area contributed by atoms with Crippen molar-refractivity contribution in [3.05, 3.63) is 89.3 Å². The van der Waals surface area contributed by atoms with Gasteiger partial charge in [-0.15, -0.1) is 0 Å². The SMILES string of the molecule is COc1ccc(OC)c(/C(O)=C2\C(=O)C(=O)N(c3ccc(F)c(F)c3)C2c2ccccn2)c1. The van der Waals surface area contributed by atoms with E-state index >= 15 is 0 Å². The van der Waals surface area contributed by atoms with E-state index in [0.717, 1.165) is 17.0 Å². The molecule has 1 aromatic heterocycles. The molecule has 0 radical (unpaired) electrons. The van der Waals surface area contributed by atoms with Crippen molar-refractivity contribution in [2.45, 2.75) is 6.04 Å². The van der Waals surface area contributed by atoms with Crippen LogP contribution in [0.2, 0.25) is 0 Å². The standard InChI is InChI=1S/C24H18F2N2O5/c1-32-14-7-9-19(33-2)15(12-14)22(29)20-21(18-5-3-4-10-27-18)28(24(31)23(20)30)13-6-8-16(25)17(26)11-13/h3-12,21,29H,1-2H3/b22-20+. The highest BCUT2D eigenvalue weighted by atomic mass is 19.2. The van der Waals surface area contributed by atoms with Gasteiger partial charge in [-0.2, -0.15) is 0 Å². The number of carbonyl (C=O) groups excluding carboxylic acids is 2. The quantitative estimate of drug-likeness (QED) is 0.358. The molecule has 1 saturated heterocycles. The molecule has 2 heterocycles. The number of carbonyl (C=O) groups is 2. The first kappa shape index (κ1) is 21.9. The summed E-state index contributed by atoms with van der Waals surface area (Å²) in [7, 11) is 2.82. The van der Waals surface area contributed by atoms with E-state index in [1.54, 1.807) is 24.3 Å². The van der Waals surface area contributed by atoms with Crippen molar-refractivity contribution in [3.8, 4) is 11.5 Å². The van der Waals surface area contributed by atoms with E-state index in [1.807, 2.05) is 0 Å². The van der Waals surface area contributed by atoms with Gasteiger partial charge in [0.1, 0.15) is 23.3 Å². The molecule has 1 atom stereocenters. The fraction of sp³-hybridized carbons (Fsp3) is 0.125. The van der Waals surface area contributed by atoms with Crippen LogP contribution in [0.3, 0.4) is 0 Å². The van der Waals surface area contributed by atoms with Crippen LogP contribution in [-0.2, 0) is 9.59 Å². The molecule has 2 aromatic carbocycles. The van der Waals surface area contributed by atoms with Crippen LogP contribution >= 0.6 is 0 Å². The minimum Gasteiger partial charge on any atom is -0.507 e. The number of rotatable bonds is 5. The highest BCUT2D eigenvalue weighted by Gasteiger charge is 2.48. The van der Waals surface area contributed by atoms with Crippen molar-refractivity contribution in [3.63, 3.8) is 0 Å². The van der Waals surface area contributed by atoms with E-state index in [4.69, 9.17) is 9.47 Å². The Morgan fingerprint density at radius 2 is 1.79 bits per heavy atom. The Bertz CT molecular complexity index is 1280. The Kier molecular flexibility index (Phi) is 5.78. The number of halogens is 2. The fourth-order valence-corrected chi connectivity index (χ4v) is 3.70. The fourth-order valence-electron chi connectivity index (χ4n) is 3.70. The van der Waals surface area contributed by atoms with Gasteiger partial charge in [0.05, 0.1) is 31.1 Å². The Hall–Kier alpha value is -4.27. The Morgan fingerprint density at radius 1 is 1.00 bits per heavy atom. The molecule has 1 aliphatic rings. The summed E-state index contributed by atoms with van der Waals surface area (Å²) in [6, 6.07) is 11.1. The van der Waals surface area contributed by atoms with Gasteiger partial charge in [0.25, 0.3) is 11.7 Å². The number of anilines is 1. The van der Waals surface area contributed by atoms with Gasteiger partial charge in [-0.1, -0.05) is 6.07 Å². The lowest BCUT2D eigenvalue weighted by atomic mass is 9.97. The van der Waals surface area contributed by atoms with Crippen molar-refractivity contribution >= 4 is 23.1 Å². The second-order valence-electron chi connectivity index (χ2n) is 7.09. The molecule has 1 N–H and O–H groups in total. The summed E-state index contributed by atoms with van der Waals surface area (Å²) in [5.74, 6) is -4.26. The third kappa shape index (κ3) is 3.78. The number of hydrogen-bond acceptors (Lipinski definition) is 6. The number of ketones is 1. The molecular formula is C24H18F2N2O5. The molecule has 3 aromatic rings. The van der Waals surface area contributed by atoms with Crippen LogP contribution in [-0.4, -0.2) is 36.0 Å². The average molecular weight is 452 g/mol. The van der Waals surface area contributed by atoms with E-state index < -0.39 is 35.1 Å². The van der Waals surface area contributed by atoms with Gasteiger partial charge in [0, 0.05) is 18.0 Å². The zero-order chi connectivity index (χ0) is 23.7. The summed E-state index contributed by atoms with van der Waals surface area (Å²) >= 11 is 0. The number of amides is 1. The predicted molar refractivity (Wildman–Crippen MR) is 115 cm³/mol. The van der Waals surface area contributed by atoms with Gasteiger partial charge in [0.15, 0.2) is 11.6 Å². The van der Waals surface area contributed by atoms with E-state index in [1.165, 1.54) is 38.6 Å². The first-order valence-corrected chi connectivity index (χ1v) is 9.76. The molecule has 0 saturated carbocycles. The van der Waals surface area contributed by atoms with Crippen LogP contribution in [0.25, 0.3) is 5.76 Å². The zero-order valence-electron chi connectivity index (χ0n) is 17.6. The van der Waals surface area contributed by atoms with Crippen LogP contribution in [0.1, 0.15) is 17.3 Å². The first-order valence-electron chi connectivity index (χ1n) is 9.76. The smallest absolute Gasteiger partial charge is 0.300 e. The van der Waals surface area contributed by atoms with Crippen molar-refractivity contribution in [1.82, 2.24) is 4.98 Å². The molecule has 33 heavy (non-hydrogen) atoms. The number of ether oxygens (including phenoxy) is 2. The number of aliphatic hydroxyl groups excluding tert-OH is 1. The topological polar surface area (TPSA) is 89.0 Å². The molecule has 0 aliphatic carbocycles. The minimum absolute atomic E-state index is 0.0664. The first-order chi connectivity index (χ1) is 15.9. The Labute approximate surface area is 187 Å². The molecule has 1 amide bonds. The molecule has 4 rings (SSSR count). The van der Waals surface area contributed by atoms with Gasteiger partial charge in [0.2, 0.25) is 0 Å². The summed E-state index contributed by atoms with van der Waals surface area (Å²) in [5, 5.41) is 11.2. The van der Waals surface area contributed by atoms with Crippen LogP contribution in [0.5, 0.6) is 11.5 Å². The lowest BCUT2D eigenvalue weighted by Crippen LogP contribution is -2.30. The molecule has 7 nitrogen and oxygen atoms in total. The van der Waals surface area contributed by atoms with Gasteiger partial charge in [-0.25, -0.2) is 8.78 Å². The van der Waals surface area contributed by atoms with Crippen LogP contribution in [0, 0.1) is 11.6 Å². The summed E-state index contributed by atoms with van der Waals surface area (Å²) in [5.41, 5.74) is 0.00390. The normalized spacial score (nSPS) is 17.3. The molecule has 1 unspecified atom stereocenters. The molecule has 9 heteroatoms. The van der Waals surface area contributed by atoms with Gasteiger partial charge in [-0.3, -0.25) is 19.5 Å². The lowest BCUT2D eigenvalue weighted by molar-refractivity contribution is -0.132. The monoisotopic (exact) mass is 452 g/mol. The predicted octanol–water partition coefficient (Wildman–Crippen LogP) is 4.00. The third-order valence-electron chi connectivity index (χ3n) is 5.26. The summed E-state index contributed by atoms with van der Waals surface area (Å²) in [6.07, 6.45) is 1.45. The number of nitrogens with zero attached hydrogens (tertiary/aromatic N) is 2. The molecule has 1 fully saturated rings. The van der Waals surface area contributed by atoms with E-state index in [2.05, 4.69) is 4.98 Å². The van der Waals surface area contributed by atoms with Gasteiger partial charge < -0.3 is 14.6 Å². The number of methoxy groups -OCH3 is 2. The maximum Gasteiger partial charge on any atom is 0.300 e. The van der Waals surface area contributed by atoms with Crippen molar-refractivity contribution < 1.29 is 33.0 Å². The lowest BCUT2D eigenvalue weighted by Gasteiger charge is -2.24. The second-order valence-corrected chi connectivity index (χ2v) is 7.09. The highest BCUT2D eigenvalue weighted by molar-refractivity contribution is 6.51. The number of hydrogen-bond donors (Lipinski definition) is 1. The largest absolute Gasteiger partial charge is 0.507 e. The third-order valence-corrected chi connectivity index (χ3v) is 5.26. The van der Waals surface area contributed by atoms with Crippen LogP contribution in [0.4, 0.5) is 14.5 Å². The molecule has 0 spiro atoms. The Morgan fingerprint density at radius 3 is 2.42 bits per heavy atom. The Balaban J connectivity index is 1.98. The van der Waals surface area contributed by atoms with Gasteiger partial charge in [-0.05, 0) is 42.5 Å². The van der Waals surface area contributed by atoms with Crippen molar-refractivity contribution in [1.29, 1.82) is 0 Å². The molecule has 0 bridgehead atoms. The molecule has 168 valence electrons. The number of Topliss-reactive ketones (excluding diaryl/α,β-unsaturated/α-hetero) is 1. The maximum absolute atomic E-state index is 14.0. The molecule has 1 aliphatic heterocycles. The average Bonchev–Trinajstić information content (AvgIpc) is 3.11. The summed E-state index contributed by atoms with van der Waals surface area (Å²) < 4.78 is 38.0. The number of aromatic nitrogens is 1. The molecular weight excluding hydrogens is 434 g/mol. The number of pyridine rings is 1. The highest BCUT2D eigenvalue weighted by Crippen LogP contribution is 2.43. The minimum atomic E-state index is -1.20. The van der Waals surface area contributed by atoms with E-state index in [-0.39, 0.29) is 28.3 Å². The van der Waals surface area contributed by atoms with Gasteiger partial charge >= 0.3 is 0 Å². The summed E-state index contributed by atoms with van der Waals surface area (Å²) in [4.78, 5) is 31.4. The van der Waals surface area contributed by atoms with E-state index in [0.29, 0.717) is 5.75 Å². The maximum atomic E-state index is 14.0. The van der Waals surface area contributed by atoms with Crippen LogP contribution < -0.4 is 14.4 Å². The zero-order valence-corrected chi connectivity index (χ0v) is 17.6. The summed E-state index contributed by atoms with van der Waals surface area (Å²) in [6.45, 7) is 0. The number of aliphatic hydroxyl groups is 1.